The van der Waals surface area contributed by atoms with Crippen LogP contribution in [0, 0.1) is 11.3 Å². The summed E-state index contributed by atoms with van der Waals surface area (Å²) in [5.74, 6) is 0.673. The fourth-order valence-electron chi connectivity index (χ4n) is 2.83. The molecule has 4 aromatic rings. The van der Waals surface area contributed by atoms with Crippen molar-refractivity contribution in [3.05, 3.63) is 90.0 Å². The van der Waals surface area contributed by atoms with Gasteiger partial charge < -0.3 is 4.42 Å². The van der Waals surface area contributed by atoms with E-state index in [4.69, 9.17) is 4.42 Å². The molecule has 7 heteroatoms. The molecule has 4 rings (SSSR count). The van der Waals surface area contributed by atoms with E-state index in [0.717, 1.165) is 10.5 Å². The number of para-hydroxylation sites is 1. The lowest BCUT2D eigenvalue weighted by atomic mass is 10.2. The number of benzene rings is 3. The van der Waals surface area contributed by atoms with Crippen molar-refractivity contribution in [3.8, 4) is 6.07 Å². The van der Waals surface area contributed by atoms with Gasteiger partial charge in [-0.25, -0.2) is 0 Å². The molecule has 0 atom stereocenters. The van der Waals surface area contributed by atoms with Gasteiger partial charge in [-0.05, 0) is 29.8 Å². The minimum atomic E-state index is -3.95. The highest BCUT2D eigenvalue weighted by Crippen LogP contribution is 2.33. The smallest absolute Gasteiger partial charge is 0.295 e. The van der Waals surface area contributed by atoms with Crippen LogP contribution in [0.1, 0.15) is 11.1 Å². The van der Waals surface area contributed by atoms with E-state index in [1.807, 2.05) is 42.5 Å². The molecule has 29 heavy (non-hydrogen) atoms. The molecule has 0 aliphatic heterocycles. The van der Waals surface area contributed by atoms with Crippen LogP contribution in [-0.4, -0.2) is 8.42 Å². The van der Waals surface area contributed by atoms with Gasteiger partial charge in [0.25, 0.3) is 10.0 Å². The van der Waals surface area contributed by atoms with E-state index >= 15 is 0 Å². The predicted molar refractivity (Wildman–Crippen MR) is 114 cm³/mol. The van der Waals surface area contributed by atoms with Crippen molar-refractivity contribution in [2.24, 2.45) is 0 Å². The van der Waals surface area contributed by atoms with Crippen molar-refractivity contribution >= 4 is 38.4 Å². The molecule has 0 aliphatic rings. The highest BCUT2D eigenvalue weighted by molar-refractivity contribution is 7.98. The summed E-state index contributed by atoms with van der Waals surface area (Å²) in [4.78, 5) is 0.729. The number of nitriles is 1. The number of rotatable bonds is 6. The quantitative estimate of drug-likeness (QED) is 0.422. The van der Waals surface area contributed by atoms with Crippen molar-refractivity contribution in [2.75, 3.05) is 4.72 Å². The first-order chi connectivity index (χ1) is 14.0. The summed E-state index contributed by atoms with van der Waals surface area (Å²) in [6, 6.07) is 25.5. The lowest BCUT2D eigenvalue weighted by Crippen LogP contribution is -2.13. The number of furan rings is 1. The van der Waals surface area contributed by atoms with Gasteiger partial charge in [0, 0.05) is 22.1 Å². The predicted octanol–water partition coefficient (Wildman–Crippen LogP) is 5.40. The zero-order chi connectivity index (χ0) is 20.3. The molecule has 0 spiro atoms. The van der Waals surface area contributed by atoms with Crippen LogP contribution in [0.5, 0.6) is 0 Å². The Labute approximate surface area is 173 Å². The molecule has 0 aliphatic carbocycles. The number of anilines is 1. The zero-order valence-electron chi connectivity index (χ0n) is 15.2. The second kappa shape index (κ2) is 8.03. The van der Waals surface area contributed by atoms with E-state index in [-0.39, 0.29) is 5.09 Å². The van der Waals surface area contributed by atoms with Gasteiger partial charge in [-0.1, -0.05) is 48.5 Å². The van der Waals surface area contributed by atoms with Crippen molar-refractivity contribution in [1.82, 2.24) is 0 Å². The highest BCUT2D eigenvalue weighted by atomic mass is 32.2. The maximum atomic E-state index is 12.9. The van der Waals surface area contributed by atoms with Crippen LogP contribution in [0.15, 0.2) is 93.3 Å². The second-order valence-electron chi connectivity index (χ2n) is 6.31. The van der Waals surface area contributed by atoms with E-state index in [9.17, 15) is 13.7 Å². The average molecular weight is 421 g/mol. The average Bonchev–Trinajstić information content (AvgIpc) is 3.19. The molecule has 0 fully saturated rings. The van der Waals surface area contributed by atoms with Crippen LogP contribution >= 0.6 is 11.8 Å². The number of sulfonamides is 1. The largest absolute Gasteiger partial charge is 0.443 e. The summed E-state index contributed by atoms with van der Waals surface area (Å²) in [5, 5.41) is 9.76. The van der Waals surface area contributed by atoms with E-state index in [1.165, 1.54) is 23.9 Å². The molecule has 0 bridgehead atoms. The molecule has 0 amide bonds. The van der Waals surface area contributed by atoms with E-state index in [0.29, 0.717) is 28.0 Å². The van der Waals surface area contributed by atoms with Gasteiger partial charge in [0.1, 0.15) is 5.58 Å². The summed E-state index contributed by atoms with van der Waals surface area (Å²) in [6.07, 6.45) is 0. The Bertz CT molecular complexity index is 1270. The van der Waals surface area contributed by atoms with Crippen LogP contribution in [0.25, 0.3) is 11.0 Å². The highest BCUT2D eigenvalue weighted by Gasteiger charge is 2.21. The molecule has 3 aromatic carbocycles. The summed E-state index contributed by atoms with van der Waals surface area (Å²) < 4.78 is 33.9. The van der Waals surface area contributed by atoms with E-state index < -0.39 is 10.0 Å². The van der Waals surface area contributed by atoms with E-state index in [2.05, 4.69) is 4.72 Å². The molecule has 5 nitrogen and oxygen atoms in total. The molecule has 1 aromatic heterocycles. The van der Waals surface area contributed by atoms with Gasteiger partial charge in [-0.2, -0.15) is 13.7 Å². The molecule has 1 heterocycles. The third-order valence-corrected chi connectivity index (χ3v) is 6.62. The third kappa shape index (κ3) is 4.29. The number of fused-ring (bicyclic) bond motifs is 1. The van der Waals surface area contributed by atoms with Gasteiger partial charge in [-0.3, -0.25) is 4.72 Å². The topological polar surface area (TPSA) is 83.1 Å². The van der Waals surface area contributed by atoms with Crippen LogP contribution < -0.4 is 4.72 Å². The lowest BCUT2D eigenvalue weighted by molar-refractivity contribution is 0.484. The second-order valence-corrected chi connectivity index (χ2v) is 8.94. The van der Waals surface area contributed by atoms with Crippen LogP contribution in [0.3, 0.4) is 0 Å². The first kappa shape index (κ1) is 19.1. The Kier molecular flexibility index (Phi) is 5.30. The molecular weight excluding hydrogens is 404 g/mol. The fourth-order valence-corrected chi connectivity index (χ4v) is 4.88. The Hall–Kier alpha value is -3.21. The monoisotopic (exact) mass is 420 g/mol. The Morgan fingerprint density at radius 2 is 1.72 bits per heavy atom. The fraction of sp³-hybridized carbons (Fsp3) is 0.0455. The Balaban J connectivity index is 1.64. The summed E-state index contributed by atoms with van der Waals surface area (Å²) >= 11 is 1.49. The zero-order valence-corrected chi connectivity index (χ0v) is 16.8. The van der Waals surface area contributed by atoms with Gasteiger partial charge in [-0.15, -0.1) is 11.8 Å². The summed E-state index contributed by atoms with van der Waals surface area (Å²) in [6.45, 7) is 0. The third-order valence-electron chi connectivity index (χ3n) is 4.26. The first-order valence-electron chi connectivity index (χ1n) is 8.77. The number of hydrogen-bond acceptors (Lipinski definition) is 5. The SMILES string of the molecule is N#Cc1ccc(SCc2ccccc2)c(NS(=O)(=O)c2cc3ccccc3o2)c1. The minimum Gasteiger partial charge on any atom is -0.443 e. The van der Waals surface area contributed by atoms with Crippen LogP contribution in [0.4, 0.5) is 5.69 Å². The Morgan fingerprint density at radius 3 is 2.48 bits per heavy atom. The molecule has 0 unspecified atom stereocenters. The number of nitrogens with one attached hydrogen (secondary N) is 1. The molecular formula is C22H16N2O3S2. The number of nitrogens with zero attached hydrogens (tertiary/aromatic N) is 1. The minimum absolute atomic E-state index is 0.167. The van der Waals surface area contributed by atoms with Crippen molar-refractivity contribution < 1.29 is 12.8 Å². The molecule has 0 radical (unpaired) electrons. The van der Waals surface area contributed by atoms with Gasteiger partial charge in [0.05, 0.1) is 17.3 Å². The van der Waals surface area contributed by atoms with Crippen molar-refractivity contribution in [2.45, 2.75) is 15.7 Å². The van der Waals surface area contributed by atoms with Crippen LogP contribution in [0.2, 0.25) is 0 Å². The molecule has 0 saturated heterocycles. The standard InChI is InChI=1S/C22H16N2O3S2/c23-14-17-10-11-21(28-15-16-6-2-1-3-7-16)19(12-17)24-29(25,26)22-13-18-8-4-5-9-20(18)27-22/h1-13,24H,15H2. The normalized spacial score (nSPS) is 11.3. The van der Waals surface area contributed by atoms with Crippen molar-refractivity contribution in [1.29, 1.82) is 5.26 Å². The van der Waals surface area contributed by atoms with Crippen LogP contribution in [-0.2, 0) is 15.8 Å². The Morgan fingerprint density at radius 1 is 0.966 bits per heavy atom. The number of hydrogen-bond donors (Lipinski definition) is 1. The molecule has 0 saturated carbocycles. The van der Waals surface area contributed by atoms with E-state index in [1.54, 1.807) is 30.3 Å². The van der Waals surface area contributed by atoms with Crippen molar-refractivity contribution in [3.63, 3.8) is 0 Å². The molecule has 1 N–H and O–H groups in total. The maximum Gasteiger partial charge on any atom is 0.295 e. The number of thioether (sulfide) groups is 1. The maximum absolute atomic E-state index is 12.9. The summed E-state index contributed by atoms with van der Waals surface area (Å²) in [7, 11) is -3.95. The lowest BCUT2D eigenvalue weighted by Gasteiger charge is -2.12. The van der Waals surface area contributed by atoms with Gasteiger partial charge in [0.2, 0.25) is 5.09 Å². The van der Waals surface area contributed by atoms with Gasteiger partial charge in [0.15, 0.2) is 0 Å². The molecule has 144 valence electrons. The summed E-state index contributed by atoms with van der Waals surface area (Å²) in [5.41, 5.74) is 2.34. The first-order valence-corrected chi connectivity index (χ1v) is 11.2. The van der Waals surface area contributed by atoms with Gasteiger partial charge >= 0.3 is 0 Å².